The molecule has 0 radical (unpaired) electrons. The molecule has 0 spiro atoms. The monoisotopic (exact) mass is 322 g/mol. The van der Waals surface area contributed by atoms with Crippen molar-refractivity contribution in [1.82, 2.24) is 10.3 Å². The Morgan fingerprint density at radius 1 is 1.39 bits per heavy atom. The van der Waals surface area contributed by atoms with Crippen molar-refractivity contribution >= 4 is 27.3 Å². The second kappa shape index (κ2) is 5.11. The van der Waals surface area contributed by atoms with E-state index < -0.39 is 0 Å². The maximum atomic E-state index is 4.75. The quantitative estimate of drug-likeness (QED) is 0.905. The fraction of sp³-hybridized carbons (Fsp3) is 0.357. The van der Waals surface area contributed by atoms with E-state index in [0.717, 1.165) is 22.6 Å². The van der Waals surface area contributed by atoms with Gasteiger partial charge in [-0.25, -0.2) is 4.98 Å². The highest BCUT2D eigenvalue weighted by Gasteiger charge is 2.22. The van der Waals surface area contributed by atoms with Crippen molar-refractivity contribution in [2.24, 2.45) is 0 Å². The van der Waals surface area contributed by atoms with Gasteiger partial charge < -0.3 is 5.32 Å². The topological polar surface area (TPSA) is 24.9 Å². The number of halogens is 1. The van der Waals surface area contributed by atoms with Gasteiger partial charge in [0.15, 0.2) is 0 Å². The Balaban J connectivity index is 1.99. The van der Waals surface area contributed by atoms with Crippen LogP contribution in [0.3, 0.4) is 0 Å². The fourth-order valence-electron chi connectivity index (χ4n) is 2.42. The van der Waals surface area contributed by atoms with Crippen LogP contribution in [0.15, 0.2) is 28.7 Å². The van der Waals surface area contributed by atoms with Gasteiger partial charge in [0.1, 0.15) is 5.01 Å². The summed E-state index contributed by atoms with van der Waals surface area (Å²) in [5.74, 6) is 0.652. The van der Waals surface area contributed by atoms with Crippen molar-refractivity contribution in [2.75, 3.05) is 13.1 Å². The molecule has 1 aliphatic rings. The molecule has 2 nitrogen and oxygen atoms in total. The number of aryl methyl sites for hydroxylation is 1. The first-order chi connectivity index (χ1) is 8.75. The van der Waals surface area contributed by atoms with E-state index in [2.05, 4.69) is 46.4 Å². The summed E-state index contributed by atoms with van der Waals surface area (Å²) in [7, 11) is 0. The SMILES string of the molecule is Cc1nc(-c2ccccc2Br)sc1C1CCNC1. The molecule has 1 fully saturated rings. The van der Waals surface area contributed by atoms with Crippen LogP contribution < -0.4 is 5.32 Å². The van der Waals surface area contributed by atoms with Crippen LogP contribution in [-0.4, -0.2) is 18.1 Å². The minimum Gasteiger partial charge on any atom is -0.316 e. The molecule has 18 heavy (non-hydrogen) atoms. The van der Waals surface area contributed by atoms with Gasteiger partial charge in [-0.05, 0) is 26.0 Å². The Hall–Kier alpha value is -0.710. The van der Waals surface area contributed by atoms with Gasteiger partial charge in [-0.3, -0.25) is 0 Å². The van der Waals surface area contributed by atoms with E-state index in [1.54, 1.807) is 0 Å². The third-order valence-electron chi connectivity index (χ3n) is 3.37. The minimum atomic E-state index is 0.652. The number of rotatable bonds is 2. The van der Waals surface area contributed by atoms with Crippen LogP contribution in [0.4, 0.5) is 0 Å². The Kier molecular flexibility index (Phi) is 3.50. The number of benzene rings is 1. The van der Waals surface area contributed by atoms with Gasteiger partial charge in [-0.15, -0.1) is 11.3 Å². The first-order valence-corrected chi connectivity index (χ1v) is 7.79. The van der Waals surface area contributed by atoms with Crippen LogP contribution >= 0.6 is 27.3 Å². The van der Waals surface area contributed by atoms with Crippen LogP contribution in [0.2, 0.25) is 0 Å². The molecule has 1 N–H and O–H groups in total. The van der Waals surface area contributed by atoms with Gasteiger partial charge in [0.2, 0.25) is 0 Å². The molecule has 0 saturated carbocycles. The van der Waals surface area contributed by atoms with Gasteiger partial charge in [0.25, 0.3) is 0 Å². The van der Waals surface area contributed by atoms with Crippen molar-refractivity contribution in [3.05, 3.63) is 39.3 Å². The maximum absolute atomic E-state index is 4.75. The average molecular weight is 323 g/mol. The third-order valence-corrected chi connectivity index (χ3v) is 5.41. The van der Waals surface area contributed by atoms with Gasteiger partial charge in [0, 0.05) is 27.4 Å². The van der Waals surface area contributed by atoms with E-state index in [9.17, 15) is 0 Å². The molecule has 1 aromatic carbocycles. The number of aromatic nitrogens is 1. The zero-order valence-corrected chi connectivity index (χ0v) is 12.6. The summed E-state index contributed by atoms with van der Waals surface area (Å²) >= 11 is 5.45. The highest BCUT2D eigenvalue weighted by molar-refractivity contribution is 9.10. The summed E-state index contributed by atoms with van der Waals surface area (Å²) < 4.78 is 1.12. The Labute approximate surface area is 120 Å². The summed E-state index contributed by atoms with van der Waals surface area (Å²) in [6.07, 6.45) is 1.23. The molecule has 1 aliphatic heterocycles. The molecule has 94 valence electrons. The predicted octanol–water partition coefficient (Wildman–Crippen LogP) is 3.96. The van der Waals surface area contributed by atoms with Crippen molar-refractivity contribution in [2.45, 2.75) is 19.3 Å². The summed E-state index contributed by atoms with van der Waals surface area (Å²) in [4.78, 5) is 6.20. The second-order valence-electron chi connectivity index (χ2n) is 4.64. The van der Waals surface area contributed by atoms with Crippen molar-refractivity contribution in [3.63, 3.8) is 0 Å². The lowest BCUT2D eigenvalue weighted by Crippen LogP contribution is -2.07. The standard InChI is InChI=1S/C14H15BrN2S/c1-9-13(10-6-7-16-8-10)18-14(17-9)11-4-2-3-5-12(11)15/h2-5,10,16H,6-8H2,1H3. The Morgan fingerprint density at radius 2 is 2.22 bits per heavy atom. The van der Waals surface area contributed by atoms with Crippen LogP contribution in [-0.2, 0) is 0 Å². The third kappa shape index (κ3) is 2.25. The number of hydrogen-bond donors (Lipinski definition) is 1. The van der Waals surface area contributed by atoms with E-state index in [0.29, 0.717) is 5.92 Å². The lowest BCUT2D eigenvalue weighted by atomic mass is 10.1. The lowest BCUT2D eigenvalue weighted by molar-refractivity contribution is 0.770. The zero-order chi connectivity index (χ0) is 12.5. The molecule has 0 aliphatic carbocycles. The predicted molar refractivity (Wildman–Crippen MR) is 80.2 cm³/mol. The first kappa shape index (κ1) is 12.3. The molecule has 0 bridgehead atoms. The van der Waals surface area contributed by atoms with Crippen molar-refractivity contribution in [3.8, 4) is 10.6 Å². The van der Waals surface area contributed by atoms with Gasteiger partial charge >= 0.3 is 0 Å². The highest BCUT2D eigenvalue weighted by atomic mass is 79.9. The summed E-state index contributed by atoms with van der Waals surface area (Å²) in [6, 6.07) is 8.30. The molecule has 2 aromatic rings. The maximum Gasteiger partial charge on any atom is 0.125 e. The number of thiazole rings is 1. The normalized spacial score (nSPS) is 19.3. The first-order valence-electron chi connectivity index (χ1n) is 6.18. The highest BCUT2D eigenvalue weighted by Crippen LogP contribution is 2.37. The van der Waals surface area contributed by atoms with Crippen LogP contribution in [0.1, 0.15) is 22.9 Å². The van der Waals surface area contributed by atoms with E-state index in [1.165, 1.54) is 22.6 Å². The molecule has 1 atom stereocenters. The van der Waals surface area contributed by atoms with Crippen molar-refractivity contribution < 1.29 is 0 Å². The molecular weight excluding hydrogens is 308 g/mol. The van der Waals surface area contributed by atoms with Crippen molar-refractivity contribution in [1.29, 1.82) is 0 Å². The molecule has 1 aromatic heterocycles. The molecule has 4 heteroatoms. The second-order valence-corrected chi connectivity index (χ2v) is 6.52. The minimum absolute atomic E-state index is 0.652. The molecule has 3 rings (SSSR count). The largest absolute Gasteiger partial charge is 0.316 e. The molecule has 0 amide bonds. The Morgan fingerprint density at radius 3 is 2.94 bits per heavy atom. The molecule has 2 heterocycles. The van der Waals surface area contributed by atoms with Gasteiger partial charge in [0.05, 0.1) is 5.69 Å². The fourth-order valence-corrected chi connectivity index (χ4v) is 4.26. The summed E-state index contributed by atoms with van der Waals surface area (Å²) in [5, 5.41) is 4.55. The van der Waals surface area contributed by atoms with Crippen LogP contribution in [0.5, 0.6) is 0 Å². The van der Waals surface area contributed by atoms with Gasteiger partial charge in [-0.2, -0.15) is 0 Å². The summed E-state index contributed by atoms with van der Waals surface area (Å²) in [6.45, 7) is 4.36. The number of nitrogens with one attached hydrogen (secondary N) is 1. The zero-order valence-electron chi connectivity index (χ0n) is 10.2. The van der Waals surface area contributed by atoms with E-state index in [4.69, 9.17) is 4.98 Å². The lowest BCUT2D eigenvalue weighted by Gasteiger charge is -2.04. The number of nitrogens with zero attached hydrogens (tertiary/aromatic N) is 1. The van der Waals surface area contributed by atoms with Gasteiger partial charge in [-0.1, -0.05) is 34.1 Å². The van der Waals surface area contributed by atoms with E-state index in [-0.39, 0.29) is 0 Å². The molecular formula is C14H15BrN2S. The van der Waals surface area contributed by atoms with Crippen LogP contribution in [0.25, 0.3) is 10.6 Å². The smallest absolute Gasteiger partial charge is 0.125 e. The van der Waals surface area contributed by atoms with Crippen LogP contribution in [0, 0.1) is 6.92 Å². The molecule has 1 unspecified atom stereocenters. The number of hydrogen-bond acceptors (Lipinski definition) is 3. The van der Waals surface area contributed by atoms with E-state index in [1.807, 2.05) is 17.4 Å². The average Bonchev–Trinajstić information content (AvgIpc) is 2.98. The Bertz CT molecular complexity index is 559. The van der Waals surface area contributed by atoms with E-state index >= 15 is 0 Å². The molecule has 1 saturated heterocycles. The summed E-state index contributed by atoms with van der Waals surface area (Å²) in [5.41, 5.74) is 2.39.